The SMILES string of the molecule is C[C@@H](OC(=O)C1(N(C)C(=O)OC(C)(C)C)CC1)C(=O)N(C)[C@@H](CC(C)(C)F)C(=O)O[C@H](Cc1ccc(C2=CCOCC2)cc1)C(=O)O. The second-order valence-electron chi connectivity index (χ2n) is 13.7. The maximum atomic E-state index is 14.9. The van der Waals surface area contributed by atoms with Gasteiger partial charge in [0.05, 0.1) is 13.2 Å². The number of hydrogen-bond donors (Lipinski definition) is 1. The normalized spacial score (nSPS) is 17.7. The number of hydrogen-bond acceptors (Lipinski definition) is 9. The summed E-state index contributed by atoms with van der Waals surface area (Å²) in [5, 5.41) is 9.87. The number of carbonyl (C=O) groups excluding carboxylic acids is 4. The van der Waals surface area contributed by atoms with Crippen molar-refractivity contribution in [3.8, 4) is 0 Å². The van der Waals surface area contributed by atoms with Gasteiger partial charge in [-0.1, -0.05) is 30.3 Å². The first kappa shape index (κ1) is 37.5. The Balaban J connectivity index is 1.70. The molecular formula is C34H47FN2O10. The van der Waals surface area contributed by atoms with Crippen LogP contribution in [-0.4, -0.2) is 107 Å². The van der Waals surface area contributed by atoms with Crippen molar-refractivity contribution in [3.63, 3.8) is 0 Å². The van der Waals surface area contributed by atoms with Gasteiger partial charge in [0.15, 0.2) is 6.10 Å². The number of rotatable bonds is 13. The summed E-state index contributed by atoms with van der Waals surface area (Å²) in [5.74, 6) is -4.20. The molecule has 1 aliphatic carbocycles. The molecule has 0 saturated heterocycles. The molecule has 3 atom stereocenters. The van der Waals surface area contributed by atoms with Gasteiger partial charge in [0, 0.05) is 26.9 Å². The second-order valence-corrected chi connectivity index (χ2v) is 13.7. The topological polar surface area (TPSA) is 149 Å². The van der Waals surface area contributed by atoms with E-state index in [4.69, 9.17) is 18.9 Å². The lowest BCUT2D eigenvalue weighted by molar-refractivity contribution is -0.173. The zero-order valence-electron chi connectivity index (χ0n) is 28.5. The first-order valence-corrected chi connectivity index (χ1v) is 15.7. The molecule has 1 heterocycles. The molecule has 0 radical (unpaired) electrons. The molecule has 3 rings (SSSR count). The highest BCUT2D eigenvalue weighted by Crippen LogP contribution is 2.43. The van der Waals surface area contributed by atoms with Gasteiger partial charge in [-0.05, 0) is 77.5 Å². The summed E-state index contributed by atoms with van der Waals surface area (Å²) in [6, 6.07) is 5.67. The number of carbonyl (C=O) groups is 5. The number of carboxylic acids is 1. The van der Waals surface area contributed by atoms with E-state index in [0.717, 1.165) is 27.4 Å². The second kappa shape index (κ2) is 14.8. The van der Waals surface area contributed by atoms with E-state index in [1.54, 1.807) is 32.9 Å². The third-order valence-corrected chi connectivity index (χ3v) is 8.05. The van der Waals surface area contributed by atoms with Crippen LogP contribution in [0.4, 0.5) is 9.18 Å². The number of likely N-dealkylation sites (N-methyl/N-ethyl adjacent to an activating group) is 2. The van der Waals surface area contributed by atoms with Gasteiger partial charge in [-0.3, -0.25) is 9.69 Å². The lowest BCUT2D eigenvalue weighted by Crippen LogP contribution is -2.52. The number of aliphatic carboxylic acids is 1. The highest BCUT2D eigenvalue weighted by Gasteiger charge is 2.58. The largest absolute Gasteiger partial charge is 0.478 e. The number of benzene rings is 1. The van der Waals surface area contributed by atoms with Crippen molar-refractivity contribution in [3.05, 3.63) is 41.5 Å². The third kappa shape index (κ3) is 10.2. The van der Waals surface area contributed by atoms with Crippen LogP contribution in [0.5, 0.6) is 0 Å². The Morgan fingerprint density at radius 3 is 2.13 bits per heavy atom. The van der Waals surface area contributed by atoms with Gasteiger partial charge in [-0.25, -0.2) is 23.6 Å². The minimum atomic E-state index is -1.96. The smallest absolute Gasteiger partial charge is 0.410 e. The number of ether oxygens (including phenoxy) is 4. The monoisotopic (exact) mass is 662 g/mol. The fraction of sp³-hybridized carbons (Fsp3) is 0.618. The number of halogens is 1. The molecule has 1 saturated carbocycles. The number of amides is 2. The number of carboxylic acid groups (broad SMARTS) is 1. The van der Waals surface area contributed by atoms with Crippen molar-refractivity contribution in [1.29, 1.82) is 0 Å². The van der Waals surface area contributed by atoms with E-state index in [0.29, 0.717) is 31.6 Å². The first-order valence-electron chi connectivity index (χ1n) is 15.7. The van der Waals surface area contributed by atoms with Crippen molar-refractivity contribution < 1.29 is 52.4 Å². The van der Waals surface area contributed by atoms with Crippen LogP contribution < -0.4 is 0 Å². The predicted octanol–water partition coefficient (Wildman–Crippen LogP) is 4.33. The molecule has 1 aromatic rings. The van der Waals surface area contributed by atoms with Gasteiger partial charge in [-0.2, -0.15) is 0 Å². The molecule has 260 valence electrons. The van der Waals surface area contributed by atoms with Crippen molar-refractivity contribution in [1.82, 2.24) is 9.80 Å². The molecular weight excluding hydrogens is 615 g/mol. The summed E-state index contributed by atoms with van der Waals surface area (Å²) in [4.78, 5) is 66.7. The number of esters is 2. The summed E-state index contributed by atoms with van der Waals surface area (Å²) in [7, 11) is 2.64. The summed E-state index contributed by atoms with van der Waals surface area (Å²) in [6.45, 7) is 9.93. The van der Waals surface area contributed by atoms with E-state index in [9.17, 15) is 33.5 Å². The number of alkyl halides is 1. The van der Waals surface area contributed by atoms with Crippen LogP contribution in [-0.2, 0) is 44.5 Å². The highest BCUT2D eigenvalue weighted by molar-refractivity contribution is 5.93. The van der Waals surface area contributed by atoms with Crippen LogP contribution in [0.1, 0.15) is 78.4 Å². The van der Waals surface area contributed by atoms with Gasteiger partial charge in [0.1, 0.15) is 22.9 Å². The molecule has 0 bridgehead atoms. The molecule has 0 aromatic heterocycles. The van der Waals surface area contributed by atoms with E-state index < -0.39 is 71.4 Å². The minimum absolute atomic E-state index is 0.159. The molecule has 2 aliphatic rings. The molecule has 0 unspecified atom stereocenters. The Bertz CT molecular complexity index is 1360. The highest BCUT2D eigenvalue weighted by atomic mass is 19.1. The quantitative estimate of drug-likeness (QED) is 0.239. The van der Waals surface area contributed by atoms with Crippen LogP contribution in [0.2, 0.25) is 0 Å². The summed E-state index contributed by atoms with van der Waals surface area (Å²) in [5.41, 5.74) is -1.36. The lowest BCUT2D eigenvalue weighted by atomic mass is 9.98. The van der Waals surface area contributed by atoms with E-state index in [2.05, 4.69) is 0 Å². The fourth-order valence-corrected chi connectivity index (χ4v) is 5.16. The van der Waals surface area contributed by atoms with Crippen LogP contribution >= 0.6 is 0 Å². The molecule has 1 N–H and O–H groups in total. The van der Waals surface area contributed by atoms with Crippen LogP contribution in [0.25, 0.3) is 5.57 Å². The molecule has 13 heteroatoms. The van der Waals surface area contributed by atoms with Crippen molar-refractivity contribution in [2.45, 2.75) is 109 Å². The van der Waals surface area contributed by atoms with Crippen molar-refractivity contribution >= 4 is 35.5 Å². The maximum absolute atomic E-state index is 14.9. The van der Waals surface area contributed by atoms with Gasteiger partial charge < -0.3 is 29.0 Å². The molecule has 47 heavy (non-hydrogen) atoms. The van der Waals surface area contributed by atoms with E-state index >= 15 is 0 Å². The summed E-state index contributed by atoms with van der Waals surface area (Å²) < 4.78 is 36.4. The van der Waals surface area contributed by atoms with E-state index in [-0.39, 0.29) is 6.42 Å². The first-order chi connectivity index (χ1) is 21.7. The Morgan fingerprint density at radius 1 is 1.02 bits per heavy atom. The molecule has 12 nitrogen and oxygen atoms in total. The van der Waals surface area contributed by atoms with Gasteiger partial charge in [0.25, 0.3) is 5.91 Å². The van der Waals surface area contributed by atoms with Gasteiger partial charge >= 0.3 is 24.0 Å². The Labute approximate surface area is 275 Å². The molecule has 1 aliphatic heterocycles. The van der Waals surface area contributed by atoms with Crippen molar-refractivity contribution in [2.75, 3.05) is 27.3 Å². The number of nitrogens with zero attached hydrogens (tertiary/aromatic N) is 2. The Morgan fingerprint density at radius 2 is 1.64 bits per heavy atom. The zero-order valence-corrected chi connectivity index (χ0v) is 28.5. The minimum Gasteiger partial charge on any atom is -0.478 e. The lowest BCUT2D eigenvalue weighted by Gasteiger charge is -2.33. The average molecular weight is 663 g/mol. The Hall–Kier alpha value is -4.00. The van der Waals surface area contributed by atoms with Gasteiger partial charge in [-0.15, -0.1) is 0 Å². The third-order valence-electron chi connectivity index (χ3n) is 8.05. The predicted molar refractivity (Wildman–Crippen MR) is 169 cm³/mol. The molecule has 2 amide bonds. The molecule has 1 aromatic carbocycles. The molecule has 1 fully saturated rings. The average Bonchev–Trinajstić information content (AvgIpc) is 3.80. The maximum Gasteiger partial charge on any atom is 0.410 e. The van der Waals surface area contributed by atoms with Crippen LogP contribution in [0, 0.1) is 0 Å². The van der Waals surface area contributed by atoms with Crippen LogP contribution in [0.15, 0.2) is 30.3 Å². The van der Waals surface area contributed by atoms with E-state index in [1.165, 1.54) is 34.9 Å². The molecule has 0 spiro atoms. The fourth-order valence-electron chi connectivity index (χ4n) is 5.16. The van der Waals surface area contributed by atoms with Gasteiger partial charge in [0.2, 0.25) is 6.10 Å². The Kier molecular flexibility index (Phi) is 11.8. The van der Waals surface area contributed by atoms with E-state index in [1.807, 2.05) is 18.2 Å². The summed E-state index contributed by atoms with van der Waals surface area (Å²) in [6.07, 6.45) is -1.09. The summed E-state index contributed by atoms with van der Waals surface area (Å²) >= 11 is 0. The van der Waals surface area contributed by atoms with Crippen molar-refractivity contribution in [2.24, 2.45) is 0 Å². The standard InChI is InChI=1S/C34H47FN2O10/c1-21(45-30(42)34(15-16-34)37(8)31(43)47-32(2,3)4)27(38)36(7)25(20-33(5,6)35)29(41)46-26(28(39)40)19-22-9-11-23(12-10-22)24-13-17-44-18-14-24/h9-13,21,25-26H,14-20H2,1-8H3,(H,39,40)/t21-,25+,26-/m1/s1. The zero-order chi connectivity index (χ0) is 35.3. The van der Waals surface area contributed by atoms with Crippen LogP contribution in [0.3, 0.4) is 0 Å².